The monoisotopic (exact) mass is 457 g/mol. The van der Waals surface area contributed by atoms with Crippen LogP contribution in [0.25, 0.3) is 0 Å². The van der Waals surface area contributed by atoms with Gasteiger partial charge in [0, 0.05) is 60.4 Å². The molecule has 1 saturated carbocycles. The number of rotatable bonds is 4. The summed E-state index contributed by atoms with van der Waals surface area (Å²) in [5.41, 5.74) is 1.92. The first kappa shape index (κ1) is 18.7. The number of nitrogens with one attached hydrogen (secondary N) is 1. The van der Waals surface area contributed by atoms with Gasteiger partial charge >= 0.3 is 0 Å². The van der Waals surface area contributed by atoms with Crippen LogP contribution in [0.5, 0.6) is 0 Å². The Hall–Kier alpha value is -2.35. The van der Waals surface area contributed by atoms with E-state index in [0.29, 0.717) is 6.54 Å². The Bertz CT molecular complexity index is 983. The molecule has 1 atom stereocenters. The number of fused-ring (bicyclic) bond motifs is 2. The molecule has 152 valence electrons. The van der Waals surface area contributed by atoms with Crippen molar-refractivity contribution in [1.29, 1.82) is 0 Å². The zero-order valence-corrected chi connectivity index (χ0v) is 18.0. The lowest BCUT2D eigenvalue weighted by Crippen LogP contribution is -2.49. The highest BCUT2D eigenvalue weighted by atomic mass is 79.9. The van der Waals surface area contributed by atoms with Crippen molar-refractivity contribution in [3.8, 4) is 0 Å². The number of hydrogen-bond acceptors (Lipinski definition) is 4. The van der Waals surface area contributed by atoms with E-state index in [1.54, 1.807) is 9.58 Å². The minimum atomic E-state index is -0.0809. The molecule has 2 aliphatic heterocycles. The number of nitrogens with zero attached hydrogens (tertiary/aromatic N) is 4. The molecule has 29 heavy (non-hydrogen) atoms. The summed E-state index contributed by atoms with van der Waals surface area (Å²) >= 11 is 3.52. The SMILES string of the molecule is Cn1ccc(N2CCC(NC(=O)CN3CC4(CC4)c4cc(Br)ccc4C3=O)C2)n1. The number of aromatic nitrogens is 2. The molecule has 3 heterocycles. The van der Waals surface area contributed by atoms with Crippen molar-refractivity contribution in [1.82, 2.24) is 20.0 Å². The third-order valence-electron chi connectivity index (χ3n) is 6.33. The van der Waals surface area contributed by atoms with E-state index in [-0.39, 0.29) is 29.8 Å². The molecule has 1 aromatic heterocycles. The fourth-order valence-electron chi connectivity index (χ4n) is 4.64. The minimum Gasteiger partial charge on any atom is -0.353 e. The Morgan fingerprint density at radius 3 is 2.90 bits per heavy atom. The standard InChI is InChI=1S/C21H24BrN5O2/c1-25-8-5-18(24-25)26-9-4-15(11-26)23-19(28)12-27-13-21(6-7-21)17-10-14(22)2-3-16(17)20(27)29/h2-3,5,8,10,15H,4,6-7,9,11-13H2,1H3,(H,23,28). The van der Waals surface area contributed by atoms with Crippen LogP contribution in [-0.2, 0) is 17.3 Å². The first-order chi connectivity index (χ1) is 13.9. The van der Waals surface area contributed by atoms with E-state index in [1.165, 1.54) is 0 Å². The third-order valence-corrected chi connectivity index (χ3v) is 6.82. The molecule has 2 amide bonds. The maximum absolute atomic E-state index is 13.0. The quantitative estimate of drug-likeness (QED) is 0.762. The van der Waals surface area contributed by atoms with Crippen molar-refractivity contribution in [3.05, 3.63) is 46.1 Å². The molecular weight excluding hydrogens is 434 g/mol. The summed E-state index contributed by atoms with van der Waals surface area (Å²) in [6.07, 6.45) is 4.96. The Kier molecular flexibility index (Phi) is 4.42. The second kappa shape index (κ2) is 6.86. The second-order valence-electron chi connectivity index (χ2n) is 8.48. The average Bonchev–Trinajstić information content (AvgIpc) is 3.07. The summed E-state index contributed by atoms with van der Waals surface area (Å²) in [7, 11) is 1.90. The van der Waals surface area contributed by atoms with Crippen LogP contribution in [0.2, 0.25) is 0 Å². The van der Waals surface area contributed by atoms with Crippen LogP contribution >= 0.6 is 15.9 Å². The zero-order valence-electron chi connectivity index (χ0n) is 16.4. The summed E-state index contributed by atoms with van der Waals surface area (Å²) in [5.74, 6) is 0.818. The van der Waals surface area contributed by atoms with Crippen molar-refractivity contribution in [2.75, 3.05) is 31.1 Å². The van der Waals surface area contributed by atoms with Gasteiger partial charge in [0.05, 0.1) is 6.54 Å². The Labute approximate surface area is 178 Å². The van der Waals surface area contributed by atoms with Gasteiger partial charge in [0.1, 0.15) is 0 Å². The smallest absolute Gasteiger partial charge is 0.254 e. The highest BCUT2D eigenvalue weighted by Crippen LogP contribution is 2.52. The third kappa shape index (κ3) is 3.43. The van der Waals surface area contributed by atoms with Crippen LogP contribution in [0, 0.1) is 0 Å². The number of aryl methyl sites for hydroxylation is 1. The molecule has 2 aromatic rings. The Balaban J connectivity index is 1.23. The number of carbonyl (C=O) groups is 2. The van der Waals surface area contributed by atoms with Crippen molar-refractivity contribution in [3.63, 3.8) is 0 Å². The van der Waals surface area contributed by atoms with Gasteiger partial charge in [-0.05, 0) is 43.0 Å². The van der Waals surface area contributed by atoms with E-state index >= 15 is 0 Å². The van der Waals surface area contributed by atoms with E-state index < -0.39 is 0 Å². The average molecular weight is 458 g/mol. The molecule has 0 bridgehead atoms. The van der Waals surface area contributed by atoms with Crippen LogP contribution in [0.15, 0.2) is 34.9 Å². The van der Waals surface area contributed by atoms with E-state index in [2.05, 4.69) is 37.3 Å². The van der Waals surface area contributed by atoms with Gasteiger partial charge in [-0.3, -0.25) is 14.3 Å². The molecule has 7 nitrogen and oxygen atoms in total. The predicted octanol–water partition coefficient (Wildman–Crippen LogP) is 2.07. The summed E-state index contributed by atoms with van der Waals surface area (Å²) in [6.45, 7) is 2.37. The Morgan fingerprint density at radius 2 is 2.17 bits per heavy atom. The fraction of sp³-hybridized carbons (Fsp3) is 0.476. The predicted molar refractivity (Wildman–Crippen MR) is 113 cm³/mol. The lowest BCUT2D eigenvalue weighted by Gasteiger charge is -2.34. The molecule has 2 fully saturated rings. The largest absolute Gasteiger partial charge is 0.353 e. The molecule has 1 N–H and O–H groups in total. The topological polar surface area (TPSA) is 70.5 Å². The van der Waals surface area contributed by atoms with E-state index in [4.69, 9.17) is 0 Å². The maximum atomic E-state index is 13.0. The molecular formula is C21H24BrN5O2. The molecule has 1 unspecified atom stereocenters. The molecule has 8 heteroatoms. The Morgan fingerprint density at radius 1 is 1.34 bits per heavy atom. The van der Waals surface area contributed by atoms with Crippen LogP contribution in [0.4, 0.5) is 5.82 Å². The first-order valence-corrected chi connectivity index (χ1v) is 10.9. The molecule has 5 rings (SSSR count). The highest BCUT2D eigenvalue weighted by Gasteiger charge is 2.51. The number of carbonyl (C=O) groups excluding carboxylic acids is 2. The van der Waals surface area contributed by atoms with Crippen LogP contribution in [0.1, 0.15) is 35.2 Å². The van der Waals surface area contributed by atoms with Gasteiger partial charge in [0.25, 0.3) is 5.91 Å². The van der Waals surface area contributed by atoms with E-state index in [1.807, 2.05) is 31.4 Å². The number of benzene rings is 1. The summed E-state index contributed by atoms with van der Waals surface area (Å²) in [6, 6.07) is 7.93. The van der Waals surface area contributed by atoms with E-state index in [0.717, 1.165) is 53.8 Å². The van der Waals surface area contributed by atoms with Crippen LogP contribution in [0.3, 0.4) is 0 Å². The molecule has 1 spiro atoms. The van der Waals surface area contributed by atoms with Gasteiger partial charge in [0.2, 0.25) is 5.91 Å². The summed E-state index contributed by atoms with van der Waals surface area (Å²) < 4.78 is 2.79. The maximum Gasteiger partial charge on any atom is 0.254 e. The lowest BCUT2D eigenvalue weighted by atomic mass is 9.86. The summed E-state index contributed by atoms with van der Waals surface area (Å²) in [4.78, 5) is 29.6. The number of amides is 2. The number of halogens is 1. The first-order valence-electron chi connectivity index (χ1n) is 10.1. The van der Waals surface area contributed by atoms with Gasteiger partial charge in [-0.1, -0.05) is 15.9 Å². The van der Waals surface area contributed by atoms with Gasteiger partial charge in [-0.2, -0.15) is 5.10 Å². The number of hydrogen-bond donors (Lipinski definition) is 1. The van der Waals surface area contributed by atoms with Crippen molar-refractivity contribution >= 4 is 33.6 Å². The van der Waals surface area contributed by atoms with Gasteiger partial charge in [-0.15, -0.1) is 0 Å². The van der Waals surface area contributed by atoms with Crippen LogP contribution < -0.4 is 10.2 Å². The highest BCUT2D eigenvalue weighted by molar-refractivity contribution is 9.10. The minimum absolute atomic E-state index is 0.0381. The number of anilines is 1. The molecule has 0 radical (unpaired) electrons. The fourth-order valence-corrected chi connectivity index (χ4v) is 5.01. The zero-order chi connectivity index (χ0) is 20.2. The van der Waals surface area contributed by atoms with Crippen molar-refractivity contribution < 1.29 is 9.59 Å². The normalized spacial score (nSPS) is 22.1. The van der Waals surface area contributed by atoms with Gasteiger partial charge in [-0.25, -0.2) is 0 Å². The molecule has 1 aromatic carbocycles. The lowest BCUT2D eigenvalue weighted by molar-refractivity contribution is -0.122. The molecule has 1 aliphatic carbocycles. The van der Waals surface area contributed by atoms with Crippen molar-refractivity contribution in [2.45, 2.75) is 30.7 Å². The summed E-state index contributed by atoms with van der Waals surface area (Å²) in [5, 5.41) is 7.55. The van der Waals surface area contributed by atoms with Gasteiger partial charge < -0.3 is 15.1 Å². The van der Waals surface area contributed by atoms with Crippen LogP contribution in [-0.4, -0.2) is 58.7 Å². The van der Waals surface area contributed by atoms with E-state index in [9.17, 15) is 9.59 Å². The molecule has 1 saturated heterocycles. The van der Waals surface area contributed by atoms with Gasteiger partial charge in [0.15, 0.2) is 5.82 Å². The van der Waals surface area contributed by atoms with Crippen molar-refractivity contribution in [2.24, 2.45) is 7.05 Å². The second-order valence-corrected chi connectivity index (χ2v) is 9.39. The molecule has 3 aliphatic rings.